The molecule has 0 atom stereocenters. The van der Waals surface area contributed by atoms with Crippen LogP contribution in [0.2, 0.25) is 0 Å². The van der Waals surface area contributed by atoms with E-state index in [1.807, 2.05) is 22.7 Å². The standard InChI is InChI=1S/C17H24S2/c1-5-14-10-12(16(7-3)18-14)9-13-11-15(6-2)19-17(13)8-4/h10-11H,5-9H2,1-4H3. The monoisotopic (exact) mass is 292 g/mol. The summed E-state index contributed by atoms with van der Waals surface area (Å²) in [6.45, 7) is 9.07. The zero-order valence-corrected chi connectivity index (χ0v) is 14.1. The fraction of sp³-hybridized carbons (Fsp3) is 0.529. The van der Waals surface area contributed by atoms with Gasteiger partial charge in [0.1, 0.15) is 0 Å². The molecule has 0 saturated carbocycles. The van der Waals surface area contributed by atoms with Crippen LogP contribution in [0.15, 0.2) is 12.1 Å². The molecule has 2 rings (SSSR count). The molecule has 0 unspecified atom stereocenters. The van der Waals surface area contributed by atoms with Crippen molar-refractivity contribution in [3.05, 3.63) is 42.8 Å². The molecule has 0 aliphatic carbocycles. The van der Waals surface area contributed by atoms with Crippen LogP contribution in [0.4, 0.5) is 0 Å². The highest BCUT2D eigenvalue weighted by atomic mass is 32.1. The molecule has 19 heavy (non-hydrogen) atoms. The predicted molar refractivity (Wildman–Crippen MR) is 89.0 cm³/mol. The Morgan fingerprint density at radius 3 is 1.42 bits per heavy atom. The maximum absolute atomic E-state index is 2.44. The summed E-state index contributed by atoms with van der Waals surface area (Å²) in [6, 6.07) is 4.87. The molecule has 0 aliphatic heterocycles. The minimum atomic E-state index is 1.14. The summed E-state index contributed by atoms with van der Waals surface area (Å²) in [6.07, 6.45) is 5.82. The number of hydrogen-bond acceptors (Lipinski definition) is 2. The maximum atomic E-state index is 2.44. The van der Waals surface area contributed by atoms with Crippen molar-refractivity contribution in [2.45, 2.75) is 59.8 Å². The fourth-order valence-electron chi connectivity index (χ4n) is 2.51. The van der Waals surface area contributed by atoms with Gasteiger partial charge in [-0.25, -0.2) is 0 Å². The van der Waals surface area contributed by atoms with Gasteiger partial charge in [-0.2, -0.15) is 0 Å². The molecule has 0 aromatic carbocycles. The van der Waals surface area contributed by atoms with E-state index in [0.717, 1.165) is 6.42 Å². The third kappa shape index (κ3) is 3.29. The van der Waals surface area contributed by atoms with Crippen molar-refractivity contribution in [3.63, 3.8) is 0 Å². The first-order valence-electron chi connectivity index (χ1n) is 7.42. The van der Waals surface area contributed by atoms with Crippen molar-refractivity contribution >= 4 is 22.7 Å². The Balaban J connectivity index is 2.29. The first-order chi connectivity index (χ1) is 9.21. The van der Waals surface area contributed by atoms with E-state index >= 15 is 0 Å². The Morgan fingerprint density at radius 1 is 0.684 bits per heavy atom. The fourth-order valence-corrected chi connectivity index (χ4v) is 4.64. The molecule has 104 valence electrons. The molecule has 0 aliphatic rings. The molecule has 0 nitrogen and oxygen atoms in total. The average Bonchev–Trinajstić information content (AvgIpc) is 3.02. The molecule has 0 fully saturated rings. The molecular formula is C17H24S2. The quantitative estimate of drug-likeness (QED) is 0.645. The molecular weight excluding hydrogens is 268 g/mol. The van der Waals surface area contributed by atoms with E-state index in [1.165, 1.54) is 35.4 Å². The zero-order valence-electron chi connectivity index (χ0n) is 12.5. The van der Waals surface area contributed by atoms with Gasteiger partial charge < -0.3 is 0 Å². The Bertz CT molecular complexity index is 483. The van der Waals surface area contributed by atoms with Crippen LogP contribution >= 0.6 is 22.7 Å². The van der Waals surface area contributed by atoms with Gasteiger partial charge in [-0.15, -0.1) is 22.7 Å². The van der Waals surface area contributed by atoms with Crippen LogP contribution in [-0.4, -0.2) is 0 Å². The molecule has 0 saturated heterocycles. The van der Waals surface area contributed by atoms with Crippen molar-refractivity contribution in [2.75, 3.05) is 0 Å². The van der Waals surface area contributed by atoms with E-state index < -0.39 is 0 Å². The lowest BCUT2D eigenvalue weighted by Crippen LogP contribution is -1.91. The second-order valence-electron chi connectivity index (χ2n) is 4.91. The molecule has 2 heterocycles. The van der Waals surface area contributed by atoms with Gasteiger partial charge in [-0.05, 0) is 55.4 Å². The summed E-state index contributed by atoms with van der Waals surface area (Å²) in [5, 5.41) is 0. The van der Waals surface area contributed by atoms with Crippen molar-refractivity contribution in [3.8, 4) is 0 Å². The third-order valence-electron chi connectivity index (χ3n) is 3.62. The predicted octanol–water partition coefficient (Wildman–Crippen LogP) is 5.65. The molecule has 0 spiro atoms. The van der Waals surface area contributed by atoms with E-state index in [9.17, 15) is 0 Å². The van der Waals surface area contributed by atoms with Gasteiger partial charge in [0.2, 0.25) is 0 Å². The smallest absolute Gasteiger partial charge is 0.00807 e. The Labute approximate surface area is 125 Å². The number of aryl methyl sites for hydroxylation is 4. The number of rotatable bonds is 6. The summed E-state index contributed by atoms with van der Waals surface area (Å²) in [4.78, 5) is 6.25. The second kappa shape index (κ2) is 6.71. The number of hydrogen-bond donors (Lipinski definition) is 0. The van der Waals surface area contributed by atoms with Crippen LogP contribution in [0.25, 0.3) is 0 Å². The Hall–Kier alpha value is -0.600. The van der Waals surface area contributed by atoms with E-state index in [2.05, 4.69) is 39.8 Å². The minimum Gasteiger partial charge on any atom is -0.145 e. The molecule has 0 radical (unpaired) electrons. The lowest BCUT2D eigenvalue weighted by molar-refractivity contribution is 1.06. The van der Waals surface area contributed by atoms with Gasteiger partial charge >= 0.3 is 0 Å². The first-order valence-corrected chi connectivity index (χ1v) is 9.05. The maximum Gasteiger partial charge on any atom is 0.00807 e. The lowest BCUT2D eigenvalue weighted by Gasteiger charge is -2.02. The van der Waals surface area contributed by atoms with Gasteiger partial charge in [-0.1, -0.05) is 27.7 Å². The van der Waals surface area contributed by atoms with Crippen molar-refractivity contribution in [1.29, 1.82) is 0 Å². The van der Waals surface area contributed by atoms with Gasteiger partial charge in [0.25, 0.3) is 0 Å². The largest absolute Gasteiger partial charge is 0.145 e. The minimum absolute atomic E-state index is 1.14. The molecule has 2 aromatic rings. The van der Waals surface area contributed by atoms with Crippen molar-refractivity contribution in [2.24, 2.45) is 0 Å². The lowest BCUT2D eigenvalue weighted by atomic mass is 10.0. The van der Waals surface area contributed by atoms with Crippen LogP contribution in [0.1, 0.15) is 58.3 Å². The third-order valence-corrected chi connectivity index (χ3v) is 6.55. The average molecular weight is 293 g/mol. The van der Waals surface area contributed by atoms with E-state index in [4.69, 9.17) is 0 Å². The normalized spacial score (nSPS) is 11.2. The van der Waals surface area contributed by atoms with Gasteiger partial charge in [-0.3, -0.25) is 0 Å². The van der Waals surface area contributed by atoms with Crippen molar-refractivity contribution in [1.82, 2.24) is 0 Å². The van der Waals surface area contributed by atoms with Crippen molar-refractivity contribution < 1.29 is 0 Å². The number of thiophene rings is 2. The van der Waals surface area contributed by atoms with Crippen LogP contribution in [0, 0.1) is 0 Å². The van der Waals surface area contributed by atoms with E-state index in [-0.39, 0.29) is 0 Å². The highest BCUT2D eigenvalue weighted by Gasteiger charge is 2.12. The van der Waals surface area contributed by atoms with Crippen LogP contribution in [0.5, 0.6) is 0 Å². The Morgan fingerprint density at radius 2 is 1.11 bits per heavy atom. The topological polar surface area (TPSA) is 0 Å². The summed E-state index contributed by atoms with van der Waals surface area (Å²) in [7, 11) is 0. The zero-order chi connectivity index (χ0) is 13.8. The highest BCUT2D eigenvalue weighted by Crippen LogP contribution is 2.30. The molecule has 2 heteroatoms. The van der Waals surface area contributed by atoms with E-state index in [1.54, 1.807) is 20.9 Å². The van der Waals surface area contributed by atoms with Crippen LogP contribution in [-0.2, 0) is 32.1 Å². The van der Waals surface area contributed by atoms with Gasteiger partial charge in [0.15, 0.2) is 0 Å². The summed E-state index contributed by atoms with van der Waals surface area (Å²) in [5.41, 5.74) is 3.14. The van der Waals surface area contributed by atoms with E-state index in [0.29, 0.717) is 0 Å². The summed E-state index contributed by atoms with van der Waals surface area (Å²) >= 11 is 4.02. The van der Waals surface area contributed by atoms with Crippen LogP contribution in [0.3, 0.4) is 0 Å². The van der Waals surface area contributed by atoms with Gasteiger partial charge in [0.05, 0.1) is 0 Å². The van der Waals surface area contributed by atoms with Crippen LogP contribution < -0.4 is 0 Å². The first kappa shape index (κ1) is 14.8. The summed E-state index contributed by atoms with van der Waals surface area (Å²) in [5.74, 6) is 0. The molecule has 0 amide bonds. The molecule has 0 N–H and O–H groups in total. The molecule has 2 aromatic heterocycles. The molecule has 0 bridgehead atoms. The SMILES string of the molecule is CCc1cc(Cc2cc(CC)sc2CC)c(CC)s1. The highest BCUT2D eigenvalue weighted by molar-refractivity contribution is 7.12. The Kier molecular flexibility index (Phi) is 5.23. The second-order valence-corrected chi connectivity index (χ2v) is 7.36. The summed E-state index contributed by atoms with van der Waals surface area (Å²) < 4.78 is 0. The van der Waals surface area contributed by atoms with Gasteiger partial charge in [0, 0.05) is 19.5 Å².